The first kappa shape index (κ1) is 22.5. The van der Waals surface area contributed by atoms with Crippen molar-refractivity contribution in [3.05, 3.63) is 84.2 Å². The zero-order chi connectivity index (χ0) is 24.5. The fraction of sp³-hybridized carbons (Fsp3) is 0.179. The molecule has 6 nitrogen and oxygen atoms in total. The maximum absolute atomic E-state index is 14.1. The lowest BCUT2D eigenvalue weighted by Crippen LogP contribution is -2.13. The number of aromatic nitrogens is 2. The summed E-state index contributed by atoms with van der Waals surface area (Å²) in [5.74, 6) is -0.635. The van der Waals surface area contributed by atoms with Gasteiger partial charge in [-0.2, -0.15) is 9.78 Å². The van der Waals surface area contributed by atoms with Crippen LogP contribution in [0.1, 0.15) is 25.3 Å². The summed E-state index contributed by atoms with van der Waals surface area (Å²) in [6, 6.07) is 21.1. The van der Waals surface area contributed by atoms with Gasteiger partial charge in [0.2, 0.25) is 11.8 Å². The molecule has 1 aliphatic rings. The van der Waals surface area contributed by atoms with Crippen molar-refractivity contribution in [3.8, 4) is 34.0 Å². The van der Waals surface area contributed by atoms with Crippen LogP contribution in [0.5, 0.6) is 5.88 Å². The molecule has 7 heteroatoms. The number of esters is 1. The van der Waals surface area contributed by atoms with E-state index in [0.29, 0.717) is 22.6 Å². The quantitative estimate of drug-likeness (QED) is 0.355. The molecular weight excluding hydrogens is 445 g/mol. The highest BCUT2D eigenvalue weighted by Crippen LogP contribution is 2.41. The molecule has 1 saturated carbocycles. The second-order valence-corrected chi connectivity index (χ2v) is 8.72. The van der Waals surface area contributed by atoms with E-state index in [1.165, 1.54) is 23.7 Å². The van der Waals surface area contributed by atoms with Crippen molar-refractivity contribution in [2.75, 3.05) is 5.32 Å². The lowest BCUT2D eigenvalue weighted by atomic mass is 10.00. The minimum Gasteiger partial charge on any atom is -0.407 e. The Labute approximate surface area is 202 Å². The third kappa shape index (κ3) is 4.84. The first-order valence-electron chi connectivity index (χ1n) is 11.4. The normalized spacial score (nSPS) is 12.9. The van der Waals surface area contributed by atoms with Gasteiger partial charge in [-0.05, 0) is 61.7 Å². The second-order valence-electron chi connectivity index (χ2n) is 8.72. The summed E-state index contributed by atoms with van der Waals surface area (Å²) in [6.07, 6.45) is 1.85. The van der Waals surface area contributed by atoms with E-state index in [4.69, 9.17) is 9.84 Å². The van der Waals surface area contributed by atoms with E-state index in [1.807, 2.05) is 55.5 Å². The van der Waals surface area contributed by atoms with Gasteiger partial charge in [-0.15, -0.1) is 0 Å². The highest BCUT2D eigenvalue weighted by molar-refractivity contribution is 5.94. The van der Waals surface area contributed by atoms with Crippen molar-refractivity contribution < 1.29 is 18.7 Å². The first-order chi connectivity index (χ1) is 16.9. The molecule has 0 aliphatic heterocycles. The second kappa shape index (κ2) is 9.18. The third-order valence-corrected chi connectivity index (χ3v) is 5.82. The molecule has 0 spiro atoms. The lowest BCUT2D eigenvalue weighted by Gasteiger charge is -2.10. The number of ether oxygens (including phenoxy) is 1. The number of nitrogens with one attached hydrogen (secondary N) is 1. The highest BCUT2D eigenvalue weighted by Gasteiger charge is 2.30. The molecular formula is C28H24FN3O3. The summed E-state index contributed by atoms with van der Waals surface area (Å²) < 4.78 is 21.2. The van der Waals surface area contributed by atoms with E-state index in [1.54, 1.807) is 12.1 Å². The van der Waals surface area contributed by atoms with Crippen molar-refractivity contribution in [2.45, 2.75) is 26.7 Å². The zero-order valence-electron chi connectivity index (χ0n) is 19.4. The summed E-state index contributed by atoms with van der Waals surface area (Å²) in [7, 11) is 0. The van der Waals surface area contributed by atoms with Gasteiger partial charge in [0.15, 0.2) is 0 Å². The number of carbonyl (C=O) groups is 2. The van der Waals surface area contributed by atoms with Gasteiger partial charge in [0, 0.05) is 24.1 Å². The fourth-order valence-corrected chi connectivity index (χ4v) is 3.98. The van der Waals surface area contributed by atoms with Gasteiger partial charge in [-0.3, -0.25) is 9.59 Å². The molecule has 4 aromatic rings. The highest BCUT2D eigenvalue weighted by atomic mass is 19.1. The van der Waals surface area contributed by atoms with E-state index in [0.717, 1.165) is 29.5 Å². The van der Waals surface area contributed by atoms with Crippen LogP contribution in [0.3, 0.4) is 0 Å². The summed E-state index contributed by atoms with van der Waals surface area (Å²) in [4.78, 5) is 24.3. The Bertz CT molecular complexity index is 1420. The Morgan fingerprint density at radius 2 is 1.74 bits per heavy atom. The minimum absolute atomic E-state index is 0.0257. The summed E-state index contributed by atoms with van der Waals surface area (Å²) in [5.41, 5.74) is 4.91. The van der Waals surface area contributed by atoms with Crippen molar-refractivity contribution in [1.29, 1.82) is 0 Å². The average Bonchev–Trinajstić information content (AvgIpc) is 3.62. The van der Waals surface area contributed by atoms with Crippen LogP contribution in [0.2, 0.25) is 0 Å². The van der Waals surface area contributed by atoms with Gasteiger partial charge in [-0.1, -0.05) is 42.0 Å². The van der Waals surface area contributed by atoms with Crippen molar-refractivity contribution >= 4 is 17.6 Å². The largest absolute Gasteiger partial charge is 0.407 e. The average molecular weight is 470 g/mol. The van der Waals surface area contributed by atoms with Crippen LogP contribution in [-0.2, 0) is 9.59 Å². The lowest BCUT2D eigenvalue weighted by molar-refractivity contribution is -0.132. The van der Waals surface area contributed by atoms with Crippen LogP contribution in [0.15, 0.2) is 72.8 Å². The molecule has 1 amide bonds. The van der Waals surface area contributed by atoms with Gasteiger partial charge < -0.3 is 10.1 Å². The molecule has 1 heterocycles. The van der Waals surface area contributed by atoms with E-state index in [-0.39, 0.29) is 17.7 Å². The number of hydrogen-bond donors (Lipinski definition) is 1. The number of rotatable bonds is 6. The van der Waals surface area contributed by atoms with Crippen molar-refractivity contribution in [1.82, 2.24) is 9.78 Å². The van der Waals surface area contributed by atoms with E-state index in [9.17, 15) is 14.0 Å². The number of halogens is 1. The molecule has 0 bridgehead atoms. The number of hydrogen-bond acceptors (Lipinski definition) is 4. The molecule has 0 saturated heterocycles. The van der Waals surface area contributed by atoms with Crippen LogP contribution < -0.4 is 10.1 Å². The van der Waals surface area contributed by atoms with Crippen LogP contribution in [-0.4, -0.2) is 21.7 Å². The minimum atomic E-state index is -0.520. The number of anilines is 1. The van der Waals surface area contributed by atoms with Gasteiger partial charge in [0.1, 0.15) is 11.5 Å². The van der Waals surface area contributed by atoms with E-state index in [2.05, 4.69) is 5.32 Å². The van der Waals surface area contributed by atoms with Crippen LogP contribution in [0.25, 0.3) is 28.1 Å². The predicted molar refractivity (Wildman–Crippen MR) is 132 cm³/mol. The molecule has 1 fully saturated rings. The zero-order valence-corrected chi connectivity index (χ0v) is 19.4. The third-order valence-electron chi connectivity index (χ3n) is 5.82. The van der Waals surface area contributed by atoms with Crippen molar-refractivity contribution in [3.63, 3.8) is 0 Å². The van der Waals surface area contributed by atoms with Gasteiger partial charge in [-0.25, -0.2) is 4.39 Å². The first-order valence-corrected chi connectivity index (χ1v) is 11.4. The van der Waals surface area contributed by atoms with Gasteiger partial charge >= 0.3 is 5.97 Å². The Morgan fingerprint density at radius 1 is 1.00 bits per heavy atom. The Kier molecular flexibility index (Phi) is 5.91. The smallest absolute Gasteiger partial charge is 0.309 e. The van der Waals surface area contributed by atoms with Gasteiger partial charge in [0.05, 0.1) is 11.3 Å². The van der Waals surface area contributed by atoms with E-state index < -0.39 is 11.8 Å². The summed E-state index contributed by atoms with van der Waals surface area (Å²) in [5, 5.41) is 7.70. The Balaban J connectivity index is 1.67. The number of carbonyl (C=O) groups excluding carboxylic acids is 2. The summed E-state index contributed by atoms with van der Waals surface area (Å²) in [6.45, 7) is 3.30. The standard InChI is InChI=1S/C28H24FN3O3/c1-17-5-3-6-21(15-17)26-25(19-11-13-23(14-12-19)30-27(34)20-9-10-20)28(35-18(2)33)32(31-26)24-8-4-7-22(29)16-24/h3-8,11-16,20H,9-10H2,1-2H3,(H,30,34). The predicted octanol–water partition coefficient (Wildman–Crippen LogP) is 5.93. The maximum Gasteiger partial charge on any atom is 0.309 e. The molecule has 176 valence electrons. The van der Waals surface area contributed by atoms with Crippen molar-refractivity contribution in [2.24, 2.45) is 5.92 Å². The van der Waals surface area contributed by atoms with E-state index >= 15 is 0 Å². The van der Waals surface area contributed by atoms with Crippen LogP contribution in [0, 0.1) is 18.7 Å². The molecule has 5 rings (SSSR count). The summed E-state index contributed by atoms with van der Waals surface area (Å²) >= 11 is 0. The molecule has 0 radical (unpaired) electrons. The maximum atomic E-state index is 14.1. The molecule has 1 N–H and O–H groups in total. The van der Waals surface area contributed by atoms with Crippen LogP contribution in [0.4, 0.5) is 10.1 Å². The molecule has 0 unspecified atom stereocenters. The monoisotopic (exact) mass is 469 g/mol. The van der Waals surface area contributed by atoms with Gasteiger partial charge in [0.25, 0.3) is 0 Å². The molecule has 3 aromatic carbocycles. The molecule has 1 aromatic heterocycles. The topological polar surface area (TPSA) is 73.2 Å². The Morgan fingerprint density at radius 3 is 2.40 bits per heavy atom. The number of aryl methyl sites for hydroxylation is 1. The molecule has 35 heavy (non-hydrogen) atoms. The molecule has 1 aliphatic carbocycles. The Hall–Kier alpha value is -4.26. The van der Waals surface area contributed by atoms with Crippen LogP contribution >= 0.6 is 0 Å². The fourth-order valence-electron chi connectivity index (χ4n) is 3.98. The number of nitrogens with zero attached hydrogens (tertiary/aromatic N) is 2. The number of benzene rings is 3. The number of amides is 1. The SMILES string of the molecule is CC(=O)Oc1c(-c2ccc(NC(=O)C3CC3)cc2)c(-c2cccc(C)c2)nn1-c1cccc(F)c1. The molecule has 0 atom stereocenters.